The fraction of sp³-hybridized carbons (Fsp3) is 0.917. The molecule has 0 aliphatic heterocycles. The van der Waals surface area contributed by atoms with Crippen molar-refractivity contribution in [2.75, 3.05) is 40.5 Å². The Bertz CT molecular complexity index is 232. The fourth-order valence-electron chi connectivity index (χ4n) is 1.50. The summed E-state index contributed by atoms with van der Waals surface area (Å²) in [4.78, 5) is 13.2. The largest absolute Gasteiger partial charge is 0.468 e. The lowest BCUT2D eigenvalue weighted by atomic mass is 10.2. The number of rotatable bonds is 9. The van der Waals surface area contributed by atoms with Gasteiger partial charge in [0.1, 0.15) is 6.04 Å². The molecule has 5 heteroatoms. The van der Waals surface area contributed by atoms with E-state index >= 15 is 0 Å². The maximum absolute atomic E-state index is 11.1. The molecule has 17 heavy (non-hydrogen) atoms. The Hall–Kier alpha value is -0.650. The van der Waals surface area contributed by atoms with Crippen LogP contribution in [-0.4, -0.2) is 57.4 Å². The number of hydrogen-bond acceptors (Lipinski definition) is 5. The molecule has 0 spiro atoms. The van der Waals surface area contributed by atoms with Crippen molar-refractivity contribution in [2.24, 2.45) is 11.7 Å². The number of carbonyl (C=O) groups is 1. The predicted molar refractivity (Wildman–Crippen MR) is 65.6 cm³/mol. The predicted octanol–water partition coefficient (Wildman–Crippen LogP) is 0.235. The minimum absolute atomic E-state index is 0.344. The first-order chi connectivity index (χ1) is 8.13. The minimum atomic E-state index is -0.519. The SMILES string of the molecule is COC(=O)C(N)CCN(C)CCOCC1CC1. The van der Waals surface area contributed by atoms with E-state index in [1.165, 1.54) is 20.0 Å². The molecule has 1 fully saturated rings. The highest BCUT2D eigenvalue weighted by Gasteiger charge is 2.21. The van der Waals surface area contributed by atoms with E-state index in [9.17, 15) is 4.79 Å². The van der Waals surface area contributed by atoms with Crippen LogP contribution in [0.4, 0.5) is 0 Å². The summed E-state index contributed by atoms with van der Waals surface area (Å²) in [6.45, 7) is 3.31. The molecule has 1 saturated carbocycles. The highest BCUT2D eigenvalue weighted by atomic mass is 16.5. The van der Waals surface area contributed by atoms with Crippen LogP contribution in [0.1, 0.15) is 19.3 Å². The zero-order valence-corrected chi connectivity index (χ0v) is 10.9. The number of esters is 1. The van der Waals surface area contributed by atoms with Crippen LogP contribution in [0.2, 0.25) is 0 Å². The summed E-state index contributed by atoms with van der Waals surface area (Å²) in [6.07, 6.45) is 3.26. The molecule has 1 aliphatic carbocycles. The summed E-state index contributed by atoms with van der Waals surface area (Å²) in [7, 11) is 3.36. The number of nitrogens with two attached hydrogens (primary N) is 1. The van der Waals surface area contributed by atoms with Crippen LogP contribution in [0.3, 0.4) is 0 Å². The van der Waals surface area contributed by atoms with Crippen LogP contribution in [0.25, 0.3) is 0 Å². The van der Waals surface area contributed by atoms with Gasteiger partial charge in [-0.05, 0) is 38.8 Å². The first kappa shape index (κ1) is 14.4. The second-order valence-electron chi connectivity index (χ2n) is 4.74. The second kappa shape index (κ2) is 7.63. The van der Waals surface area contributed by atoms with Crippen LogP contribution >= 0.6 is 0 Å². The van der Waals surface area contributed by atoms with Gasteiger partial charge in [-0.1, -0.05) is 0 Å². The van der Waals surface area contributed by atoms with Gasteiger partial charge in [-0.2, -0.15) is 0 Å². The van der Waals surface area contributed by atoms with Crippen molar-refractivity contribution in [1.82, 2.24) is 4.90 Å². The molecule has 0 saturated heterocycles. The summed E-state index contributed by atoms with van der Waals surface area (Å²) in [6, 6.07) is -0.519. The van der Waals surface area contributed by atoms with E-state index < -0.39 is 6.04 Å². The topological polar surface area (TPSA) is 64.8 Å². The normalized spacial score (nSPS) is 17.2. The van der Waals surface area contributed by atoms with Gasteiger partial charge in [0, 0.05) is 13.2 Å². The summed E-state index contributed by atoms with van der Waals surface area (Å²) in [5.41, 5.74) is 5.65. The first-order valence-corrected chi connectivity index (χ1v) is 6.23. The van der Waals surface area contributed by atoms with Gasteiger partial charge in [-0.15, -0.1) is 0 Å². The third-order valence-corrected chi connectivity index (χ3v) is 2.99. The van der Waals surface area contributed by atoms with Gasteiger partial charge < -0.3 is 20.1 Å². The Kier molecular flexibility index (Phi) is 6.47. The third kappa shape index (κ3) is 6.61. The molecule has 5 nitrogen and oxygen atoms in total. The Morgan fingerprint density at radius 1 is 1.47 bits per heavy atom. The lowest BCUT2D eigenvalue weighted by Gasteiger charge is -2.18. The van der Waals surface area contributed by atoms with E-state index in [0.29, 0.717) is 6.42 Å². The highest BCUT2D eigenvalue weighted by Crippen LogP contribution is 2.28. The number of nitrogens with zero attached hydrogens (tertiary/aromatic N) is 1. The molecule has 1 atom stereocenters. The lowest BCUT2D eigenvalue weighted by molar-refractivity contribution is -0.142. The molecule has 0 aromatic carbocycles. The Morgan fingerprint density at radius 2 is 2.18 bits per heavy atom. The lowest BCUT2D eigenvalue weighted by Crippen LogP contribution is -2.36. The molecule has 1 aliphatic rings. The molecule has 0 bridgehead atoms. The highest BCUT2D eigenvalue weighted by molar-refractivity contribution is 5.75. The summed E-state index contributed by atoms with van der Waals surface area (Å²) in [5.74, 6) is 0.469. The average Bonchev–Trinajstić information content (AvgIpc) is 3.14. The van der Waals surface area contributed by atoms with Crippen molar-refractivity contribution in [1.29, 1.82) is 0 Å². The third-order valence-electron chi connectivity index (χ3n) is 2.99. The zero-order valence-electron chi connectivity index (χ0n) is 10.9. The van der Waals surface area contributed by atoms with Crippen molar-refractivity contribution >= 4 is 5.97 Å². The van der Waals surface area contributed by atoms with Gasteiger partial charge in [0.15, 0.2) is 0 Å². The number of hydrogen-bond donors (Lipinski definition) is 1. The molecule has 100 valence electrons. The molecule has 0 aromatic rings. The minimum Gasteiger partial charge on any atom is -0.468 e. The molecule has 0 aromatic heterocycles. The Balaban J connectivity index is 1.95. The van der Waals surface area contributed by atoms with E-state index in [1.54, 1.807) is 0 Å². The molecule has 0 heterocycles. The smallest absolute Gasteiger partial charge is 0.322 e. The van der Waals surface area contributed by atoms with Crippen molar-refractivity contribution < 1.29 is 14.3 Å². The fourth-order valence-corrected chi connectivity index (χ4v) is 1.50. The average molecular weight is 244 g/mol. The number of ether oxygens (including phenoxy) is 2. The number of likely N-dealkylation sites (N-methyl/N-ethyl adjacent to an activating group) is 1. The van der Waals surface area contributed by atoms with Gasteiger partial charge >= 0.3 is 5.97 Å². The van der Waals surface area contributed by atoms with Gasteiger partial charge in [0.2, 0.25) is 0 Å². The van der Waals surface area contributed by atoms with Crippen LogP contribution < -0.4 is 5.73 Å². The van der Waals surface area contributed by atoms with E-state index in [0.717, 1.165) is 32.2 Å². The molecule has 0 radical (unpaired) electrons. The first-order valence-electron chi connectivity index (χ1n) is 6.23. The molecular formula is C12H24N2O3. The summed E-state index contributed by atoms with van der Waals surface area (Å²) < 4.78 is 10.1. The van der Waals surface area contributed by atoms with Gasteiger partial charge in [-0.3, -0.25) is 4.79 Å². The molecule has 1 rings (SSSR count). The van der Waals surface area contributed by atoms with E-state index in [1.807, 2.05) is 7.05 Å². The van der Waals surface area contributed by atoms with Gasteiger partial charge in [0.25, 0.3) is 0 Å². The van der Waals surface area contributed by atoms with E-state index in [4.69, 9.17) is 10.5 Å². The van der Waals surface area contributed by atoms with Crippen molar-refractivity contribution in [3.8, 4) is 0 Å². The van der Waals surface area contributed by atoms with Crippen LogP contribution in [-0.2, 0) is 14.3 Å². The van der Waals surface area contributed by atoms with Crippen molar-refractivity contribution in [3.05, 3.63) is 0 Å². The molecule has 2 N–H and O–H groups in total. The van der Waals surface area contributed by atoms with Gasteiger partial charge in [-0.25, -0.2) is 0 Å². The number of methoxy groups -OCH3 is 1. The quantitative estimate of drug-likeness (QED) is 0.465. The number of carbonyl (C=O) groups excluding carboxylic acids is 1. The Labute approximate surface area is 103 Å². The molecular weight excluding hydrogens is 220 g/mol. The Morgan fingerprint density at radius 3 is 2.76 bits per heavy atom. The second-order valence-corrected chi connectivity index (χ2v) is 4.74. The maximum Gasteiger partial charge on any atom is 0.322 e. The van der Waals surface area contributed by atoms with Crippen LogP contribution in [0.15, 0.2) is 0 Å². The zero-order chi connectivity index (χ0) is 12.7. The summed E-state index contributed by atoms with van der Waals surface area (Å²) >= 11 is 0. The van der Waals surface area contributed by atoms with Crippen molar-refractivity contribution in [3.63, 3.8) is 0 Å². The summed E-state index contributed by atoms with van der Waals surface area (Å²) in [5, 5.41) is 0. The molecule has 1 unspecified atom stereocenters. The maximum atomic E-state index is 11.1. The van der Waals surface area contributed by atoms with E-state index in [2.05, 4.69) is 9.64 Å². The van der Waals surface area contributed by atoms with Crippen LogP contribution in [0, 0.1) is 5.92 Å². The van der Waals surface area contributed by atoms with Crippen molar-refractivity contribution in [2.45, 2.75) is 25.3 Å². The monoisotopic (exact) mass is 244 g/mol. The standard InChI is InChI=1S/C12H24N2O3/c1-14(6-5-11(13)12(15)16-2)7-8-17-9-10-3-4-10/h10-11H,3-9,13H2,1-2H3. The molecule has 0 amide bonds. The van der Waals surface area contributed by atoms with Crippen LogP contribution in [0.5, 0.6) is 0 Å². The van der Waals surface area contributed by atoms with E-state index in [-0.39, 0.29) is 5.97 Å². The van der Waals surface area contributed by atoms with Gasteiger partial charge in [0.05, 0.1) is 13.7 Å².